The maximum Gasteiger partial charge on any atom is 0.164 e. The number of nitrogens with zero attached hydrogens (tertiary/aromatic N) is 2. The molecule has 0 bridgehead atoms. The SMILES string of the molecule is CCC/C(C)=C\CC/C=C/c1ccc(C2=C/C/C=C/N=C\C=C(N3CC/C=C(\C(=O)[C@H]4C[C@H]4F)CCC3)\C(C)=C\2)cc1. The van der Waals surface area contributed by atoms with E-state index in [-0.39, 0.29) is 11.7 Å². The lowest BCUT2D eigenvalue weighted by Crippen LogP contribution is -2.28. The molecule has 4 heteroatoms. The molecule has 2 atom stereocenters. The van der Waals surface area contributed by atoms with Crippen molar-refractivity contribution < 1.29 is 9.18 Å². The van der Waals surface area contributed by atoms with Crippen molar-refractivity contribution in [3.05, 3.63) is 107 Å². The molecule has 1 aliphatic carbocycles. The van der Waals surface area contributed by atoms with Crippen LogP contribution in [0.1, 0.15) is 89.7 Å². The van der Waals surface area contributed by atoms with E-state index in [1.165, 1.54) is 40.7 Å². The first-order valence-corrected chi connectivity index (χ1v) is 15.8. The molecule has 2 heterocycles. The molecule has 3 nitrogen and oxygen atoms in total. The highest BCUT2D eigenvalue weighted by Crippen LogP contribution is 2.37. The van der Waals surface area contributed by atoms with E-state index in [0.29, 0.717) is 12.8 Å². The Morgan fingerprint density at radius 2 is 1.95 bits per heavy atom. The van der Waals surface area contributed by atoms with Gasteiger partial charge < -0.3 is 4.90 Å². The lowest BCUT2D eigenvalue weighted by Gasteiger charge is -2.29. The number of Topliss-reactive ketones (excluding diaryl/α,β-unsaturated/α-hetero) is 1. The molecule has 42 heavy (non-hydrogen) atoms. The van der Waals surface area contributed by atoms with Gasteiger partial charge in [0, 0.05) is 31.2 Å². The standard InChI is InChI=1S/C38H47FN2O/c1-4-12-29(2)13-6-5-7-14-31-18-20-32(21-19-31)34-15-8-9-23-40-24-22-37(30(3)27-34)41-25-10-16-33(17-11-26-41)38(42)35-28-36(35)39/h7,9,13-16,18-24,27,35-36H,4-6,8,10-12,17,25-26,28H2,1-3H3/b14-7+,23-9+,29-13-,30-27+,33-16-,34-15+,37-22-,40-24-/t35-,36+/m0/s1. The Morgan fingerprint density at radius 3 is 2.71 bits per heavy atom. The summed E-state index contributed by atoms with van der Waals surface area (Å²) in [5.41, 5.74) is 8.26. The van der Waals surface area contributed by atoms with E-state index in [4.69, 9.17) is 0 Å². The fourth-order valence-electron chi connectivity index (χ4n) is 5.67. The minimum absolute atomic E-state index is 0.0334. The molecule has 0 amide bonds. The zero-order valence-electron chi connectivity index (χ0n) is 25.7. The predicted octanol–water partition coefficient (Wildman–Crippen LogP) is 9.77. The molecule has 222 valence electrons. The Balaban J connectivity index is 1.45. The summed E-state index contributed by atoms with van der Waals surface area (Å²) in [6.07, 6.45) is 28.5. The summed E-state index contributed by atoms with van der Waals surface area (Å²) in [5.74, 6) is -0.352. The number of halogens is 1. The van der Waals surface area contributed by atoms with Crippen LogP contribution in [0.3, 0.4) is 0 Å². The van der Waals surface area contributed by atoms with Crippen molar-refractivity contribution in [3.8, 4) is 0 Å². The normalized spacial score (nSPS) is 28.5. The lowest BCUT2D eigenvalue weighted by atomic mass is 9.97. The summed E-state index contributed by atoms with van der Waals surface area (Å²) in [7, 11) is 0. The van der Waals surface area contributed by atoms with Gasteiger partial charge >= 0.3 is 0 Å². The Morgan fingerprint density at radius 1 is 1.14 bits per heavy atom. The molecule has 1 saturated carbocycles. The third-order valence-electron chi connectivity index (χ3n) is 8.16. The van der Waals surface area contributed by atoms with Gasteiger partial charge in [0.25, 0.3) is 0 Å². The first-order valence-electron chi connectivity index (χ1n) is 15.8. The van der Waals surface area contributed by atoms with Crippen LogP contribution in [0.4, 0.5) is 4.39 Å². The third-order valence-corrected chi connectivity index (χ3v) is 8.16. The van der Waals surface area contributed by atoms with Crippen LogP contribution >= 0.6 is 0 Å². The number of unbranched alkanes of at least 4 members (excludes halogenated alkanes) is 1. The molecular weight excluding hydrogens is 519 g/mol. The van der Waals surface area contributed by atoms with Gasteiger partial charge in [0.05, 0.1) is 5.92 Å². The number of ketones is 1. The molecule has 2 aliphatic heterocycles. The minimum Gasteiger partial charge on any atom is -0.371 e. The van der Waals surface area contributed by atoms with Crippen molar-refractivity contribution in [2.24, 2.45) is 10.9 Å². The number of carbonyl (C=O) groups is 1. The summed E-state index contributed by atoms with van der Waals surface area (Å²) in [6, 6.07) is 8.83. The van der Waals surface area contributed by atoms with E-state index in [1.807, 2.05) is 18.5 Å². The molecule has 0 unspecified atom stereocenters. The van der Waals surface area contributed by atoms with Gasteiger partial charge in [0.2, 0.25) is 0 Å². The van der Waals surface area contributed by atoms with Crippen LogP contribution in [0.25, 0.3) is 11.6 Å². The first kappa shape index (κ1) is 31.4. The second-order valence-corrected chi connectivity index (χ2v) is 11.7. The van der Waals surface area contributed by atoms with Crippen LogP contribution in [-0.2, 0) is 4.79 Å². The topological polar surface area (TPSA) is 32.7 Å². The molecule has 0 N–H and O–H groups in total. The minimum atomic E-state index is -0.930. The second-order valence-electron chi connectivity index (χ2n) is 11.7. The monoisotopic (exact) mass is 566 g/mol. The molecule has 4 rings (SSSR count). The molecule has 1 aromatic carbocycles. The van der Waals surface area contributed by atoms with Gasteiger partial charge in [-0.05, 0) is 105 Å². The van der Waals surface area contributed by atoms with E-state index < -0.39 is 6.17 Å². The Hall–Kier alpha value is -3.53. The van der Waals surface area contributed by atoms with Gasteiger partial charge in [-0.15, -0.1) is 0 Å². The zero-order chi connectivity index (χ0) is 29.7. The van der Waals surface area contributed by atoms with Crippen LogP contribution in [0.2, 0.25) is 0 Å². The van der Waals surface area contributed by atoms with Crippen molar-refractivity contribution in [2.75, 3.05) is 13.1 Å². The van der Waals surface area contributed by atoms with Crippen molar-refractivity contribution in [2.45, 2.75) is 84.7 Å². The van der Waals surface area contributed by atoms with Crippen LogP contribution in [-0.4, -0.2) is 36.2 Å². The van der Waals surface area contributed by atoms with E-state index in [2.05, 4.69) is 97.5 Å². The maximum atomic E-state index is 13.5. The molecule has 0 spiro atoms. The van der Waals surface area contributed by atoms with E-state index in [9.17, 15) is 9.18 Å². The van der Waals surface area contributed by atoms with Crippen molar-refractivity contribution in [3.63, 3.8) is 0 Å². The summed E-state index contributed by atoms with van der Waals surface area (Å²) in [5, 5.41) is 0. The highest BCUT2D eigenvalue weighted by Gasteiger charge is 2.44. The van der Waals surface area contributed by atoms with Gasteiger partial charge in [-0.1, -0.05) is 79.6 Å². The highest BCUT2D eigenvalue weighted by molar-refractivity contribution is 5.99. The average Bonchev–Trinajstić information content (AvgIpc) is 3.71. The molecule has 0 aromatic heterocycles. The summed E-state index contributed by atoms with van der Waals surface area (Å²) >= 11 is 0. The number of hydrogen-bond donors (Lipinski definition) is 0. The van der Waals surface area contributed by atoms with Crippen LogP contribution < -0.4 is 0 Å². The number of rotatable bonds is 10. The number of allylic oxidation sites excluding steroid dienone is 10. The molecule has 0 saturated heterocycles. The number of aliphatic imine (C=N–C) groups is 1. The fraction of sp³-hybridized carbons (Fsp3) is 0.421. The number of alkyl halides is 1. The van der Waals surface area contributed by atoms with E-state index in [1.54, 1.807) is 0 Å². The molecular formula is C38H47FN2O. The van der Waals surface area contributed by atoms with Crippen LogP contribution in [0, 0.1) is 5.92 Å². The molecule has 3 aliphatic rings. The van der Waals surface area contributed by atoms with Crippen LogP contribution in [0.5, 0.6) is 0 Å². The van der Waals surface area contributed by atoms with Gasteiger partial charge in [-0.2, -0.15) is 0 Å². The smallest absolute Gasteiger partial charge is 0.164 e. The third kappa shape index (κ3) is 9.51. The Labute approximate surface area is 252 Å². The largest absolute Gasteiger partial charge is 0.371 e. The average molecular weight is 567 g/mol. The van der Waals surface area contributed by atoms with Gasteiger partial charge in [0.1, 0.15) is 6.17 Å². The molecule has 1 aromatic rings. The summed E-state index contributed by atoms with van der Waals surface area (Å²) in [6.45, 7) is 8.29. The van der Waals surface area contributed by atoms with Gasteiger partial charge in [0.15, 0.2) is 5.78 Å². The summed E-state index contributed by atoms with van der Waals surface area (Å²) in [4.78, 5) is 19.5. The summed E-state index contributed by atoms with van der Waals surface area (Å²) < 4.78 is 13.5. The Bertz CT molecular complexity index is 1320. The van der Waals surface area contributed by atoms with E-state index >= 15 is 0 Å². The lowest BCUT2D eigenvalue weighted by molar-refractivity contribution is -0.117. The zero-order valence-corrected chi connectivity index (χ0v) is 25.7. The highest BCUT2D eigenvalue weighted by atomic mass is 19.1. The predicted molar refractivity (Wildman–Crippen MR) is 177 cm³/mol. The number of hydrogen-bond acceptors (Lipinski definition) is 3. The molecule has 1 fully saturated rings. The fourth-order valence-corrected chi connectivity index (χ4v) is 5.67. The quantitative estimate of drug-likeness (QED) is 0.209. The maximum absolute atomic E-state index is 13.5. The first-order chi connectivity index (χ1) is 20.5. The molecule has 0 radical (unpaired) electrons. The second kappa shape index (κ2) is 16.2. The van der Waals surface area contributed by atoms with Crippen molar-refractivity contribution in [1.29, 1.82) is 0 Å². The van der Waals surface area contributed by atoms with Gasteiger partial charge in [-0.25, -0.2) is 4.39 Å². The van der Waals surface area contributed by atoms with E-state index in [0.717, 1.165) is 56.5 Å². The van der Waals surface area contributed by atoms with Crippen molar-refractivity contribution in [1.82, 2.24) is 4.90 Å². The van der Waals surface area contributed by atoms with Gasteiger partial charge in [-0.3, -0.25) is 9.79 Å². The van der Waals surface area contributed by atoms with Crippen molar-refractivity contribution >= 4 is 23.6 Å². The number of carbonyl (C=O) groups excluding carboxylic acids is 1. The Kier molecular flexibility index (Phi) is 12.1. The number of benzene rings is 1. The van der Waals surface area contributed by atoms with Crippen LogP contribution in [0.15, 0.2) is 100 Å².